The van der Waals surface area contributed by atoms with E-state index in [4.69, 9.17) is 9.47 Å². The minimum absolute atomic E-state index is 0.0392. The topological polar surface area (TPSA) is 78.3 Å². The molecule has 3 heterocycles. The minimum atomic E-state index is -4.39. The number of anilines is 1. The van der Waals surface area contributed by atoms with Gasteiger partial charge in [0.05, 0.1) is 30.6 Å². The molecule has 2 aromatic heterocycles. The number of carbonyl (C=O) groups excluding carboxylic acids is 1. The van der Waals surface area contributed by atoms with Gasteiger partial charge in [0.15, 0.2) is 11.6 Å². The van der Waals surface area contributed by atoms with Crippen LogP contribution in [0, 0.1) is 5.82 Å². The fourth-order valence-electron chi connectivity index (χ4n) is 3.70. The zero-order valence-electron chi connectivity index (χ0n) is 18.1. The number of para-hydroxylation sites is 1. The lowest BCUT2D eigenvalue weighted by molar-refractivity contribution is -0.142. The zero-order chi connectivity index (χ0) is 24.6. The summed E-state index contributed by atoms with van der Waals surface area (Å²) >= 11 is 0. The summed E-state index contributed by atoms with van der Waals surface area (Å²) < 4.78 is 63.8. The van der Waals surface area contributed by atoms with Crippen molar-refractivity contribution in [2.75, 3.05) is 18.5 Å². The Kier molecular flexibility index (Phi) is 5.85. The fraction of sp³-hybridized carbons (Fsp3) is 0.208. The number of aromatic nitrogens is 3. The van der Waals surface area contributed by atoms with Gasteiger partial charge in [-0.25, -0.2) is 4.39 Å². The molecule has 7 nitrogen and oxygen atoms in total. The summed E-state index contributed by atoms with van der Waals surface area (Å²) in [5, 5.41) is 7.12. The van der Waals surface area contributed by atoms with Gasteiger partial charge in [-0.15, -0.1) is 0 Å². The van der Waals surface area contributed by atoms with Crippen LogP contribution in [0.3, 0.4) is 0 Å². The lowest BCUT2D eigenvalue weighted by atomic mass is 10.0. The number of hydrogen-bond donors (Lipinski definition) is 1. The van der Waals surface area contributed by atoms with Gasteiger partial charge in [-0.2, -0.15) is 18.3 Å². The second kappa shape index (κ2) is 8.99. The van der Waals surface area contributed by atoms with Crippen molar-refractivity contribution in [3.63, 3.8) is 0 Å². The van der Waals surface area contributed by atoms with E-state index in [0.717, 1.165) is 10.7 Å². The van der Waals surface area contributed by atoms with Crippen LogP contribution in [0.15, 0.2) is 61.1 Å². The summed E-state index contributed by atoms with van der Waals surface area (Å²) in [4.78, 5) is 17.1. The van der Waals surface area contributed by atoms with Gasteiger partial charge in [0.25, 0.3) is 5.91 Å². The SMILES string of the molecule is O=C(Nc1cccc2c(-c3cnn(CC(F)(F)F)c3)ccnc12)c1ccc(OC2COC2)c(F)c1. The summed E-state index contributed by atoms with van der Waals surface area (Å²) in [6.07, 6.45) is -0.467. The molecule has 0 bridgehead atoms. The van der Waals surface area contributed by atoms with Gasteiger partial charge in [0.2, 0.25) is 0 Å². The average molecular weight is 486 g/mol. The first kappa shape index (κ1) is 22.8. The summed E-state index contributed by atoms with van der Waals surface area (Å²) in [6, 6.07) is 10.6. The van der Waals surface area contributed by atoms with Crippen molar-refractivity contribution in [3.8, 4) is 16.9 Å². The quantitative estimate of drug-likeness (QED) is 0.395. The molecular weight excluding hydrogens is 468 g/mol. The molecule has 35 heavy (non-hydrogen) atoms. The van der Waals surface area contributed by atoms with Crippen LogP contribution in [0.25, 0.3) is 22.0 Å². The highest BCUT2D eigenvalue weighted by Crippen LogP contribution is 2.32. The van der Waals surface area contributed by atoms with E-state index in [2.05, 4.69) is 15.4 Å². The Morgan fingerprint density at radius 2 is 2.03 bits per heavy atom. The second-order valence-electron chi connectivity index (χ2n) is 7.98. The van der Waals surface area contributed by atoms with Crippen LogP contribution in [-0.2, 0) is 11.3 Å². The van der Waals surface area contributed by atoms with Crippen molar-refractivity contribution in [1.29, 1.82) is 0 Å². The van der Waals surface area contributed by atoms with Gasteiger partial charge >= 0.3 is 6.18 Å². The molecule has 1 N–H and O–H groups in total. The molecule has 0 atom stereocenters. The number of hydrogen-bond acceptors (Lipinski definition) is 5. The number of fused-ring (bicyclic) bond motifs is 1. The van der Waals surface area contributed by atoms with Crippen LogP contribution in [0.5, 0.6) is 5.75 Å². The number of nitrogens with zero attached hydrogens (tertiary/aromatic N) is 3. The van der Waals surface area contributed by atoms with Crippen LogP contribution in [0.4, 0.5) is 23.2 Å². The van der Waals surface area contributed by atoms with Crippen molar-refractivity contribution in [2.45, 2.75) is 18.8 Å². The van der Waals surface area contributed by atoms with Gasteiger partial charge in [0, 0.05) is 28.9 Å². The Morgan fingerprint density at radius 3 is 2.74 bits per heavy atom. The van der Waals surface area contributed by atoms with E-state index in [1.54, 1.807) is 24.3 Å². The first-order valence-electron chi connectivity index (χ1n) is 10.6. The molecule has 2 aromatic carbocycles. The predicted octanol–water partition coefficient (Wildman–Crippen LogP) is 4.83. The molecule has 1 fully saturated rings. The summed E-state index contributed by atoms with van der Waals surface area (Å²) in [6.45, 7) is -0.423. The largest absolute Gasteiger partial charge is 0.483 e. The van der Waals surface area contributed by atoms with Gasteiger partial charge in [-0.05, 0) is 35.9 Å². The Labute approximate surface area is 196 Å². The van der Waals surface area contributed by atoms with E-state index >= 15 is 0 Å². The van der Waals surface area contributed by atoms with Crippen LogP contribution in [0.2, 0.25) is 0 Å². The number of rotatable bonds is 6. The average Bonchev–Trinajstić information content (AvgIpc) is 3.23. The molecule has 4 aromatic rings. The van der Waals surface area contributed by atoms with Crippen molar-refractivity contribution in [3.05, 3.63) is 72.4 Å². The molecule has 0 spiro atoms. The van der Waals surface area contributed by atoms with Gasteiger partial charge < -0.3 is 14.8 Å². The number of nitrogens with one attached hydrogen (secondary N) is 1. The molecule has 0 saturated carbocycles. The second-order valence-corrected chi connectivity index (χ2v) is 7.98. The summed E-state index contributed by atoms with van der Waals surface area (Å²) in [5.41, 5.74) is 1.95. The monoisotopic (exact) mass is 486 g/mol. The Balaban J connectivity index is 1.40. The van der Waals surface area contributed by atoms with Crippen LogP contribution in [-0.4, -0.2) is 46.2 Å². The van der Waals surface area contributed by atoms with E-state index in [9.17, 15) is 22.4 Å². The Hall–Kier alpha value is -3.99. The van der Waals surface area contributed by atoms with Crippen molar-refractivity contribution in [1.82, 2.24) is 14.8 Å². The normalized spacial score (nSPS) is 14.1. The predicted molar refractivity (Wildman–Crippen MR) is 119 cm³/mol. The fourth-order valence-corrected chi connectivity index (χ4v) is 3.70. The van der Waals surface area contributed by atoms with Gasteiger partial charge in [0.1, 0.15) is 12.6 Å². The number of ether oxygens (including phenoxy) is 2. The standard InChI is InChI=1S/C24H18F4N4O3/c25-19-8-14(4-5-21(19)35-16-11-34-12-16)23(33)31-20-3-1-2-18-17(6-7-29-22(18)20)15-9-30-32(10-15)13-24(26,27)28/h1-10,16H,11-13H2,(H,31,33). The molecule has 5 rings (SSSR count). The molecule has 0 radical (unpaired) electrons. The first-order valence-corrected chi connectivity index (χ1v) is 10.6. The zero-order valence-corrected chi connectivity index (χ0v) is 18.1. The number of halogens is 4. The number of pyridine rings is 1. The molecule has 1 aliphatic heterocycles. The molecule has 180 valence electrons. The van der Waals surface area contributed by atoms with Gasteiger partial charge in [-0.1, -0.05) is 12.1 Å². The van der Waals surface area contributed by atoms with E-state index in [0.29, 0.717) is 40.9 Å². The molecular formula is C24H18F4N4O3. The van der Waals surface area contributed by atoms with E-state index in [1.165, 1.54) is 30.7 Å². The number of alkyl halides is 3. The lowest BCUT2D eigenvalue weighted by Crippen LogP contribution is -2.38. The van der Waals surface area contributed by atoms with Crippen LogP contribution >= 0.6 is 0 Å². The maximum atomic E-state index is 14.4. The molecule has 1 aliphatic rings. The van der Waals surface area contributed by atoms with E-state index in [-0.39, 0.29) is 17.4 Å². The van der Waals surface area contributed by atoms with Crippen molar-refractivity contribution >= 4 is 22.5 Å². The van der Waals surface area contributed by atoms with Gasteiger partial charge in [-0.3, -0.25) is 14.5 Å². The third-order valence-corrected chi connectivity index (χ3v) is 5.40. The Morgan fingerprint density at radius 1 is 1.20 bits per heavy atom. The lowest BCUT2D eigenvalue weighted by Gasteiger charge is -2.26. The van der Waals surface area contributed by atoms with Crippen LogP contribution < -0.4 is 10.1 Å². The molecule has 1 amide bonds. The number of carbonyl (C=O) groups is 1. The summed E-state index contributed by atoms with van der Waals surface area (Å²) in [7, 11) is 0. The molecule has 0 unspecified atom stereocenters. The molecule has 0 aliphatic carbocycles. The minimum Gasteiger partial charge on any atom is -0.483 e. The smallest absolute Gasteiger partial charge is 0.408 e. The third-order valence-electron chi connectivity index (χ3n) is 5.40. The molecule has 1 saturated heterocycles. The van der Waals surface area contributed by atoms with E-state index in [1.807, 2.05) is 0 Å². The summed E-state index contributed by atoms with van der Waals surface area (Å²) in [5.74, 6) is -1.18. The maximum Gasteiger partial charge on any atom is 0.408 e. The van der Waals surface area contributed by atoms with Crippen LogP contribution in [0.1, 0.15) is 10.4 Å². The highest BCUT2D eigenvalue weighted by molar-refractivity contribution is 6.10. The third kappa shape index (κ3) is 4.94. The maximum absolute atomic E-state index is 14.4. The highest BCUT2D eigenvalue weighted by Gasteiger charge is 2.28. The molecule has 11 heteroatoms. The van der Waals surface area contributed by atoms with Crippen molar-refractivity contribution in [2.24, 2.45) is 0 Å². The first-order chi connectivity index (χ1) is 16.8. The van der Waals surface area contributed by atoms with E-state index < -0.39 is 24.4 Å². The highest BCUT2D eigenvalue weighted by atomic mass is 19.4. The Bertz CT molecular complexity index is 1400. The number of benzene rings is 2. The van der Waals surface area contributed by atoms with Crippen molar-refractivity contribution < 1.29 is 31.8 Å². The number of amides is 1.